The van der Waals surface area contributed by atoms with Crippen molar-refractivity contribution in [3.05, 3.63) is 58.0 Å². The van der Waals surface area contributed by atoms with E-state index >= 15 is 0 Å². The summed E-state index contributed by atoms with van der Waals surface area (Å²) in [6, 6.07) is 8.28. The van der Waals surface area contributed by atoms with Gasteiger partial charge in [-0.3, -0.25) is 4.79 Å². The number of hydrogen-bond donors (Lipinski definition) is 1. The van der Waals surface area contributed by atoms with Gasteiger partial charge in [-0.25, -0.2) is 0 Å². The fourth-order valence-corrected chi connectivity index (χ4v) is 4.30. The van der Waals surface area contributed by atoms with E-state index in [0.717, 1.165) is 29.7 Å². The summed E-state index contributed by atoms with van der Waals surface area (Å²) < 4.78 is 5.99. The molecule has 1 aliphatic carbocycles. The molecule has 1 aliphatic heterocycles. The lowest BCUT2D eigenvalue weighted by Gasteiger charge is -2.31. The summed E-state index contributed by atoms with van der Waals surface area (Å²) in [6.07, 6.45) is 1.78. The highest BCUT2D eigenvalue weighted by atomic mass is 16.4. The molecule has 2 aromatic rings. The molecule has 0 saturated carbocycles. The summed E-state index contributed by atoms with van der Waals surface area (Å²) in [5, 5.41) is 10.5. The zero-order valence-corrected chi connectivity index (χ0v) is 15.1. The number of furan rings is 1. The number of aliphatic hydroxyl groups excluding tert-OH is 1. The second-order valence-corrected chi connectivity index (χ2v) is 8.20. The number of nitrogens with zero attached hydrogens (tertiary/aromatic N) is 1. The third-order valence-corrected chi connectivity index (χ3v) is 5.60. The van der Waals surface area contributed by atoms with Crippen molar-refractivity contribution in [2.75, 3.05) is 6.54 Å². The Hall–Kier alpha value is -2.07. The Morgan fingerprint density at radius 3 is 2.76 bits per heavy atom. The number of aliphatic hydroxyl groups is 1. The van der Waals surface area contributed by atoms with E-state index in [1.165, 1.54) is 11.1 Å². The van der Waals surface area contributed by atoms with Crippen LogP contribution in [0.5, 0.6) is 0 Å². The minimum atomic E-state index is -0.550. The van der Waals surface area contributed by atoms with Gasteiger partial charge in [0, 0.05) is 30.6 Å². The molecule has 4 nitrogen and oxygen atoms in total. The van der Waals surface area contributed by atoms with Gasteiger partial charge in [-0.15, -0.1) is 0 Å². The van der Waals surface area contributed by atoms with Crippen molar-refractivity contribution in [2.24, 2.45) is 5.41 Å². The zero-order chi connectivity index (χ0) is 17.8. The lowest BCUT2D eigenvalue weighted by atomic mass is 9.75. The van der Waals surface area contributed by atoms with Gasteiger partial charge in [-0.05, 0) is 36.3 Å². The van der Waals surface area contributed by atoms with E-state index in [1.54, 1.807) is 0 Å². The molecule has 0 fully saturated rings. The van der Waals surface area contributed by atoms with Gasteiger partial charge in [0.25, 0.3) is 5.91 Å². The van der Waals surface area contributed by atoms with Gasteiger partial charge in [-0.2, -0.15) is 0 Å². The molecule has 0 spiro atoms. The molecule has 1 N–H and O–H groups in total. The lowest BCUT2D eigenvalue weighted by molar-refractivity contribution is 0.0692. The summed E-state index contributed by atoms with van der Waals surface area (Å²) in [7, 11) is 0. The average molecular weight is 339 g/mol. The van der Waals surface area contributed by atoms with E-state index in [1.807, 2.05) is 24.0 Å². The van der Waals surface area contributed by atoms with E-state index in [9.17, 15) is 9.90 Å². The van der Waals surface area contributed by atoms with Crippen LogP contribution in [0.1, 0.15) is 64.9 Å². The maximum Gasteiger partial charge on any atom is 0.290 e. The van der Waals surface area contributed by atoms with Crippen molar-refractivity contribution < 1.29 is 14.3 Å². The fourth-order valence-electron chi connectivity index (χ4n) is 4.30. The SMILES string of the molecule is Cc1c(C(=O)N2CCc3ccccc3C2)oc2c1C(O)CC(C)(C)C2. The van der Waals surface area contributed by atoms with Gasteiger partial charge in [0.05, 0.1) is 6.10 Å². The third-order valence-electron chi connectivity index (χ3n) is 5.60. The number of rotatable bonds is 1. The van der Waals surface area contributed by atoms with Crippen LogP contribution < -0.4 is 0 Å². The van der Waals surface area contributed by atoms with Gasteiger partial charge in [0.1, 0.15) is 5.76 Å². The van der Waals surface area contributed by atoms with Gasteiger partial charge in [0.15, 0.2) is 5.76 Å². The first-order valence-electron chi connectivity index (χ1n) is 9.02. The summed E-state index contributed by atoms with van der Waals surface area (Å²) >= 11 is 0. The van der Waals surface area contributed by atoms with Crippen molar-refractivity contribution in [3.8, 4) is 0 Å². The Bertz CT molecular complexity index is 834. The molecule has 0 bridgehead atoms. The Morgan fingerprint density at radius 1 is 1.28 bits per heavy atom. The largest absolute Gasteiger partial charge is 0.455 e. The first kappa shape index (κ1) is 16.4. The quantitative estimate of drug-likeness (QED) is 0.860. The van der Waals surface area contributed by atoms with Crippen LogP contribution >= 0.6 is 0 Å². The van der Waals surface area contributed by atoms with E-state index in [4.69, 9.17) is 4.42 Å². The lowest BCUT2D eigenvalue weighted by Crippen LogP contribution is -2.36. The smallest absolute Gasteiger partial charge is 0.290 e. The van der Waals surface area contributed by atoms with E-state index in [-0.39, 0.29) is 11.3 Å². The standard InChI is InChI=1S/C21H25NO3/c1-13-18-16(23)10-21(2,3)11-17(18)25-19(13)20(24)22-9-8-14-6-4-5-7-15(14)12-22/h4-7,16,23H,8-12H2,1-3H3. The highest BCUT2D eigenvalue weighted by molar-refractivity contribution is 5.93. The average Bonchev–Trinajstić information content (AvgIpc) is 2.89. The van der Waals surface area contributed by atoms with Crippen LogP contribution in [0, 0.1) is 12.3 Å². The number of hydrogen-bond acceptors (Lipinski definition) is 3. The highest BCUT2D eigenvalue weighted by Gasteiger charge is 2.38. The van der Waals surface area contributed by atoms with Crippen LogP contribution in [-0.4, -0.2) is 22.5 Å². The molecule has 4 heteroatoms. The molecular formula is C21H25NO3. The van der Waals surface area contributed by atoms with E-state index in [0.29, 0.717) is 25.3 Å². The summed E-state index contributed by atoms with van der Waals surface area (Å²) in [4.78, 5) is 14.9. The normalized spacial score (nSPS) is 21.6. The maximum absolute atomic E-state index is 13.1. The molecule has 1 aromatic heterocycles. The second-order valence-electron chi connectivity index (χ2n) is 8.20. The second kappa shape index (κ2) is 5.73. The van der Waals surface area contributed by atoms with Crippen molar-refractivity contribution in [1.82, 2.24) is 4.90 Å². The fraction of sp³-hybridized carbons (Fsp3) is 0.476. The molecule has 1 aromatic carbocycles. The Labute approximate surface area is 148 Å². The monoisotopic (exact) mass is 339 g/mol. The number of fused-ring (bicyclic) bond motifs is 2. The molecular weight excluding hydrogens is 314 g/mol. The van der Waals surface area contributed by atoms with Crippen molar-refractivity contribution in [2.45, 2.75) is 52.7 Å². The molecule has 0 radical (unpaired) electrons. The molecule has 2 aliphatic rings. The predicted octanol–water partition coefficient (Wildman–Crippen LogP) is 3.79. The molecule has 25 heavy (non-hydrogen) atoms. The molecule has 132 valence electrons. The maximum atomic E-state index is 13.1. The van der Waals surface area contributed by atoms with Crippen LogP contribution in [0.3, 0.4) is 0 Å². The van der Waals surface area contributed by atoms with Gasteiger partial charge in [-0.1, -0.05) is 38.1 Å². The van der Waals surface area contributed by atoms with Crippen LogP contribution in [-0.2, 0) is 19.4 Å². The molecule has 1 amide bonds. The number of carbonyl (C=O) groups is 1. The van der Waals surface area contributed by atoms with Crippen molar-refractivity contribution >= 4 is 5.91 Å². The van der Waals surface area contributed by atoms with Gasteiger partial charge in [0.2, 0.25) is 0 Å². The first-order valence-corrected chi connectivity index (χ1v) is 9.02. The molecule has 2 heterocycles. The predicted molar refractivity (Wildman–Crippen MR) is 95.4 cm³/mol. The first-order chi connectivity index (χ1) is 11.9. The van der Waals surface area contributed by atoms with E-state index < -0.39 is 6.10 Å². The van der Waals surface area contributed by atoms with Crippen LogP contribution in [0.2, 0.25) is 0 Å². The van der Waals surface area contributed by atoms with Crippen LogP contribution in [0.4, 0.5) is 0 Å². The number of amides is 1. The molecule has 1 atom stereocenters. The topological polar surface area (TPSA) is 53.7 Å². The number of carbonyl (C=O) groups excluding carboxylic acids is 1. The van der Waals surface area contributed by atoms with Gasteiger partial charge < -0.3 is 14.4 Å². The van der Waals surface area contributed by atoms with Gasteiger partial charge >= 0.3 is 0 Å². The minimum absolute atomic E-state index is 0.0128. The molecule has 1 unspecified atom stereocenters. The Morgan fingerprint density at radius 2 is 2.00 bits per heavy atom. The van der Waals surface area contributed by atoms with E-state index in [2.05, 4.69) is 26.0 Å². The molecule has 4 rings (SSSR count). The Balaban J connectivity index is 1.64. The summed E-state index contributed by atoms with van der Waals surface area (Å²) in [6.45, 7) is 7.47. The van der Waals surface area contributed by atoms with Crippen LogP contribution in [0.15, 0.2) is 28.7 Å². The summed E-state index contributed by atoms with van der Waals surface area (Å²) in [5.41, 5.74) is 4.15. The van der Waals surface area contributed by atoms with Crippen molar-refractivity contribution in [3.63, 3.8) is 0 Å². The number of benzene rings is 1. The zero-order valence-electron chi connectivity index (χ0n) is 15.1. The van der Waals surface area contributed by atoms with Crippen LogP contribution in [0.25, 0.3) is 0 Å². The molecule has 0 saturated heterocycles. The summed E-state index contributed by atoms with van der Waals surface area (Å²) in [5.74, 6) is 1.12. The minimum Gasteiger partial charge on any atom is -0.455 e. The third kappa shape index (κ3) is 2.78. The highest BCUT2D eigenvalue weighted by Crippen LogP contribution is 2.44. The van der Waals surface area contributed by atoms with Crippen molar-refractivity contribution in [1.29, 1.82) is 0 Å². The Kier molecular flexibility index (Phi) is 3.76.